The predicted octanol–water partition coefficient (Wildman–Crippen LogP) is 0.897. The molecule has 78 valence electrons. The third-order valence-electron chi connectivity index (χ3n) is 1.97. The van der Waals surface area contributed by atoms with Gasteiger partial charge in [0.1, 0.15) is 0 Å². The van der Waals surface area contributed by atoms with Crippen LogP contribution in [-0.2, 0) is 18.2 Å². The normalized spacial score (nSPS) is 10.1. The smallest absolute Gasteiger partial charge is 0.159 e. The fourth-order valence-electron chi connectivity index (χ4n) is 1.11. The van der Waals surface area contributed by atoms with E-state index in [1.54, 1.807) is 11.8 Å². The Morgan fingerprint density at radius 2 is 2.29 bits per heavy atom. The molecule has 0 bridgehead atoms. The van der Waals surface area contributed by atoms with Crippen molar-refractivity contribution in [3.63, 3.8) is 0 Å². The number of thiocarbonyl (C=S) groups is 1. The number of aryl methyl sites for hydroxylation is 2. The molecule has 0 aliphatic rings. The van der Waals surface area contributed by atoms with Crippen molar-refractivity contribution in [3.05, 3.63) is 5.82 Å². The highest BCUT2D eigenvalue weighted by Crippen LogP contribution is 2.03. The van der Waals surface area contributed by atoms with Crippen molar-refractivity contribution in [2.24, 2.45) is 7.05 Å². The van der Waals surface area contributed by atoms with Gasteiger partial charge in [0.05, 0.1) is 7.11 Å². The van der Waals surface area contributed by atoms with Crippen LogP contribution in [0.2, 0.25) is 0 Å². The summed E-state index contributed by atoms with van der Waals surface area (Å²) in [5.74, 6) is 0.910. The summed E-state index contributed by atoms with van der Waals surface area (Å²) in [6, 6.07) is 0. The zero-order valence-electron chi connectivity index (χ0n) is 8.43. The van der Waals surface area contributed by atoms with Gasteiger partial charge in [-0.1, -0.05) is 0 Å². The number of nitrogens with zero attached hydrogens (tertiary/aromatic N) is 4. The fourth-order valence-corrected chi connectivity index (χ4v) is 1.26. The fraction of sp³-hybridized carbons (Fsp3) is 0.750. The van der Waals surface area contributed by atoms with Crippen LogP contribution in [0.25, 0.3) is 0 Å². The summed E-state index contributed by atoms with van der Waals surface area (Å²) in [5, 5.41) is 11.9. The van der Waals surface area contributed by atoms with E-state index < -0.39 is 0 Å². The lowest BCUT2D eigenvalue weighted by Crippen LogP contribution is -2.01. The van der Waals surface area contributed by atoms with E-state index in [1.165, 1.54) is 0 Å². The summed E-state index contributed by atoms with van der Waals surface area (Å²) in [7, 11) is 3.45. The van der Waals surface area contributed by atoms with E-state index in [1.807, 2.05) is 7.05 Å². The summed E-state index contributed by atoms with van der Waals surface area (Å²) >= 11 is 4.93. The van der Waals surface area contributed by atoms with Crippen molar-refractivity contribution < 1.29 is 4.74 Å². The topological polar surface area (TPSA) is 52.8 Å². The second-order valence-electron chi connectivity index (χ2n) is 3.00. The lowest BCUT2D eigenvalue weighted by molar-refractivity contribution is 0.399. The Morgan fingerprint density at radius 3 is 2.86 bits per heavy atom. The molecule has 0 saturated carbocycles. The Kier molecular flexibility index (Phi) is 4.45. The van der Waals surface area contributed by atoms with Crippen molar-refractivity contribution in [1.82, 2.24) is 20.2 Å². The lowest BCUT2D eigenvalue weighted by atomic mass is 10.2. The number of hydrogen-bond acceptors (Lipinski definition) is 5. The molecule has 0 aliphatic heterocycles. The summed E-state index contributed by atoms with van der Waals surface area (Å²) < 4.78 is 6.59. The van der Waals surface area contributed by atoms with E-state index in [2.05, 4.69) is 15.5 Å². The number of rotatable bonds is 5. The van der Waals surface area contributed by atoms with Crippen LogP contribution in [0.3, 0.4) is 0 Å². The van der Waals surface area contributed by atoms with Gasteiger partial charge in [-0.15, -0.1) is 5.10 Å². The van der Waals surface area contributed by atoms with E-state index in [4.69, 9.17) is 17.0 Å². The maximum absolute atomic E-state index is 4.93. The Bertz CT molecular complexity index is 299. The first-order valence-electron chi connectivity index (χ1n) is 4.52. The molecule has 0 atom stereocenters. The van der Waals surface area contributed by atoms with Crippen LogP contribution in [0.15, 0.2) is 0 Å². The predicted molar refractivity (Wildman–Crippen MR) is 56.0 cm³/mol. The minimum atomic E-state index is 0.668. The highest BCUT2D eigenvalue weighted by Gasteiger charge is 2.02. The van der Waals surface area contributed by atoms with Crippen LogP contribution in [0.5, 0.6) is 0 Å². The van der Waals surface area contributed by atoms with Crippen molar-refractivity contribution in [3.8, 4) is 0 Å². The number of methoxy groups -OCH3 is 1. The van der Waals surface area contributed by atoms with Crippen molar-refractivity contribution in [2.75, 3.05) is 7.11 Å². The molecule has 6 heteroatoms. The lowest BCUT2D eigenvalue weighted by Gasteiger charge is -2.01. The molecule has 0 fully saturated rings. The van der Waals surface area contributed by atoms with Gasteiger partial charge < -0.3 is 4.74 Å². The molecule has 1 rings (SSSR count). The Balaban J connectivity index is 2.16. The van der Waals surface area contributed by atoms with Crippen LogP contribution in [-0.4, -0.2) is 32.4 Å². The molecule has 1 aromatic rings. The third-order valence-corrected chi connectivity index (χ3v) is 2.34. The summed E-state index contributed by atoms with van der Waals surface area (Å²) in [6.07, 6.45) is 3.75. The van der Waals surface area contributed by atoms with E-state index in [0.29, 0.717) is 5.05 Å². The molecule has 14 heavy (non-hydrogen) atoms. The van der Waals surface area contributed by atoms with Gasteiger partial charge in [-0.05, 0) is 35.5 Å². The van der Waals surface area contributed by atoms with Crippen LogP contribution < -0.4 is 0 Å². The quantitative estimate of drug-likeness (QED) is 0.538. The molecule has 0 radical (unpaired) electrons. The average molecular weight is 214 g/mol. The van der Waals surface area contributed by atoms with Crippen molar-refractivity contribution in [2.45, 2.75) is 25.7 Å². The van der Waals surface area contributed by atoms with E-state index >= 15 is 0 Å². The maximum atomic E-state index is 4.93. The van der Waals surface area contributed by atoms with Crippen molar-refractivity contribution >= 4 is 17.3 Å². The zero-order chi connectivity index (χ0) is 10.4. The minimum absolute atomic E-state index is 0.668. The van der Waals surface area contributed by atoms with Gasteiger partial charge in [-0.3, -0.25) is 0 Å². The Labute approximate surface area is 88.4 Å². The molecule has 1 aromatic heterocycles. The van der Waals surface area contributed by atoms with Gasteiger partial charge >= 0.3 is 0 Å². The second-order valence-corrected chi connectivity index (χ2v) is 3.46. The SMILES string of the molecule is COC(=S)CCCCc1nnnn1C. The molecule has 0 spiro atoms. The largest absolute Gasteiger partial charge is 0.490 e. The highest BCUT2D eigenvalue weighted by atomic mass is 32.1. The summed E-state index contributed by atoms with van der Waals surface area (Å²) in [6.45, 7) is 0. The minimum Gasteiger partial charge on any atom is -0.490 e. The average Bonchev–Trinajstić information content (AvgIpc) is 2.58. The standard InChI is InChI=1S/C8H14N4OS/c1-12-7(9-10-11-12)5-3-4-6-8(14)13-2/h3-6H2,1-2H3. The molecule has 0 amide bonds. The first kappa shape index (κ1) is 11.0. The summed E-state index contributed by atoms with van der Waals surface area (Å²) in [5.41, 5.74) is 0. The number of ether oxygens (including phenoxy) is 1. The number of unbranched alkanes of at least 4 members (excludes halogenated alkanes) is 1. The van der Waals surface area contributed by atoms with Gasteiger partial charge in [-0.2, -0.15) is 0 Å². The second kappa shape index (κ2) is 5.64. The summed E-state index contributed by atoms with van der Waals surface area (Å²) in [4.78, 5) is 0. The van der Waals surface area contributed by atoms with Crippen LogP contribution in [0, 0.1) is 0 Å². The maximum Gasteiger partial charge on any atom is 0.159 e. The van der Waals surface area contributed by atoms with E-state index in [9.17, 15) is 0 Å². The van der Waals surface area contributed by atoms with Gasteiger partial charge in [0.15, 0.2) is 10.9 Å². The highest BCUT2D eigenvalue weighted by molar-refractivity contribution is 7.80. The molecular weight excluding hydrogens is 200 g/mol. The van der Waals surface area contributed by atoms with Crippen LogP contribution in [0.1, 0.15) is 25.1 Å². The first-order chi connectivity index (χ1) is 6.74. The van der Waals surface area contributed by atoms with Gasteiger partial charge in [0.25, 0.3) is 0 Å². The number of aromatic nitrogens is 4. The molecule has 5 nitrogen and oxygen atoms in total. The van der Waals surface area contributed by atoms with Crippen LogP contribution in [0.4, 0.5) is 0 Å². The molecule has 0 aromatic carbocycles. The monoisotopic (exact) mass is 214 g/mol. The number of tetrazole rings is 1. The first-order valence-corrected chi connectivity index (χ1v) is 4.93. The van der Waals surface area contributed by atoms with E-state index in [0.717, 1.165) is 31.5 Å². The van der Waals surface area contributed by atoms with E-state index in [-0.39, 0.29) is 0 Å². The molecule has 0 saturated heterocycles. The molecule has 0 N–H and O–H groups in total. The van der Waals surface area contributed by atoms with Crippen LogP contribution >= 0.6 is 12.2 Å². The molecule has 0 unspecified atom stereocenters. The van der Waals surface area contributed by atoms with Crippen molar-refractivity contribution in [1.29, 1.82) is 0 Å². The Morgan fingerprint density at radius 1 is 1.50 bits per heavy atom. The molecule has 0 aliphatic carbocycles. The molecule has 1 heterocycles. The van der Waals surface area contributed by atoms with Gasteiger partial charge in [-0.25, -0.2) is 4.68 Å². The molecular formula is C8H14N4OS. The third kappa shape index (κ3) is 3.37. The Hall–Kier alpha value is -1.04. The zero-order valence-corrected chi connectivity index (χ0v) is 9.25. The number of hydrogen-bond donors (Lipinski definition) is 0. The van der Waals surface area contributed by atoms with Gasteiger partial charge in [0, 0.05) is 19.9 Å². The van der Waals surface area contributed by atoms with Gasteiger partial charge in [0.2, 0.25) is 0 Å².